The average molecular weight is 434 g/mol. The molecule has 28 heavy (non-hydrogen) atoms. The van der Waals surface area contributed by atoms with Crippen molar-refractivity contribution in [3.8, 4) is 22.6 Å². The zero-order valence-electron chi connectivity index (χ0n) is 13.3. The van der Waals surface area contributed by atoms with E-state index in [4.69, 9.17) is 4.55 Å². The van der Waals surface area contributed by atoms with Crippen LogP contribution in [0, 0.1) is 0 Å². The Bertz CT molecular complexity index is 1230. The zero-order valence-corrected chi connectivity index (χ0v) is 14.9. The third-order valence-corrected chi connectivity index (χ3v) is 5.27. The van der Waals surface area contributed by atoms with Crippen molar-refractivity contribution in [2.24, 2.45) is 0 Å². The number of carboxylic acid groups (broad SMARTS) is 2. The molecule has 2 aromatic rings. The number of hydrogen-bond acceptors (Lipinski definition) is 8. The number of aromatic hydroxyl groups is 2. The van der Waals surface area contributed by atoms with Crippen LogP contribution < -0.4 is 0 Å². The number of aromatic carboxylic acids is 2. The van der Waals surface area contributed by atoms with Crippen LogP contribution in [-0.4, -0.2) is 58.3 Å². The molecule has 0 saturated carbocycles. The van der Waals surface area contributed by atoms with E-state index in [2.05, 4.69) is 0 Å². The van der Waals surface area contributed by atoms with E-state index in [-0.39, 0.29) is 0 Å². The fourth-order valence-electron chi connectivity index (χ4n) is 2.39. The Morgan fingerprint density at radius 1 is 0.750 bits per heavy atom. The maximum atomic E-state index is 11.6. The number of phenolic OH excluding ortho intramolecular Hbond substituents is 1. The molecule has 0 bridgehead atoms. The Morgan fingerprint density at radius 2 is 1.25 bits per heavy atom. The van der Waals surface area contributed by atoms with Gasteiger partial charge in [0.1, 0.15) is 21.1 Å². The molecule has 6 N–H and O–H groups in total. The van der Waals surface area contributed by atoms with Crippen molar-refractivity contribution in [3.05, 3.63) is 35.4 Å². The van der Waals surface area contributed by atoms with Crippen molar-refractivity contribution in [3.63, 3.8) is 0 Å². The lowest BCUT2D eigenvalue weighted by Crippen LogP contribution is -2.13. The van der Waals surface area contributed by atoms with Crippen molar-refractivity contribution in [1.29, 1.82) is 0 Å². The Hall–Kier alpha value is -3.20. The lowest BCUT2D eigenvalue weighted by atomic mass is 9.94. The Kier molecular flexibility index (Phi) is 5.09. The second kappa shape index (κ2) is 6.75. The summed E-state index contributed by atoms with van der Waals surface area (Å²) in [6.45, 7) is 0. The van der Waals surface area contributed by atoms with Crippen LogP contribution in [-0.2, 0) is 20.2 Å². The van der Waals surface area contributed by atoms with E-state index in [0.717, 1.165) is 6.07 Å². The molecule has 2 aromatic carbocycles. The molecule has 0 fully saturated rings. The normalized spacial score (nSPS) is 11.9. The van der Waals surface area contributed by atoms with Gasteiger partial charge in [0, 0.05) is 0 Å². The van der Waals surface area contributed by atoms with Gasteiger partial charge in [0.2, 0.25) is 0 Å². The fourth-order valence-corrected chi connectivity index (χ4v) is 3.61. The number of phenols is 2. The molecule has 0 radical (unpaired) electrons. The summed E-state index contributed by atoms with van der Waals surface area (Å²) in [7, 11) is -10.2. The molecule has 0 heterocycles. The molecular formula is C14H10O12S2. The van der Waals surface area contributed by atoms with Crippen molar-refractivity contribution in [2.75, 3.05) is 0 Å². The molecule has 0 amide bonds. The number of carboxylic acids is 2. The summed E-state index contributed by atoms with van der Waals surface area (Å²) in [5.74, 6) is -6.48. The van der Waals surface area contributed by atoms with Gasteiger partial charge >= 0.3 is 11.9 Å². The van der Waals surface area contributed by atoms with Gasteiger partial charge in [-0.15, -0.1) is 0 Å². The Morgan fingerprint density at radius 3 is 1.68 bits per heavy atom. The van der Waals surface area contributed by atoms with Gasteiger partial charge in [-0.2, -0.15) is 16.8 Å². The predicted molar refractivity (Wildman–Crippen MR) is 88.8 cm³/mol. The quantitative estimate of drug-likeness (QED) is 0.357. The van der Waals surface area contributed by atoms with Gasteiger partial charge in [0.05, 0.1) is 5.56 Å². The molecule has 0 aromatic heterocycles. The lowest BCUT2D eigenvalue weighted by Gasteiger charge is -2.14. The van der Waals surface area contributed by atoms with Crippen LogP contribution in [0.3, 0.4) is 0 Å². The van der Waals surface area contributed by atoms with Crippen LogP contribution in [0.1, 0.15) is 20.7 Å². The topological polar surface area (TPSA) is 224 Å². The molecular weight excluding hydrogens is 424 g/mol. The monoisotopic (exact) mass is 434 g/mol. The maximum absolute atomic E-state index is 11.6. The summed E-state index contributed by atoms with van der Waals surface area (Å²) >= 11 is 0. The highest BCUT2D eigenvalue weighted by molar-refractivity contribution is 7.86. The smallest absolute Gasteiger partial charge is 0.340 e. The minimum atomic E-state index is -5.23. The zero-order chi connectivity index (χ0) is 21.6. The summed E-state index contributed by atoms with van der Waals surface area (Å²) in [6.07, 6.45) is 0. The van der Waals surface area contributed by atoms with E-state index in [1.807, 2.05) is 0 Å². The summed E-state index contributed by atoms with van der Waals surface area (Å²) in [5, 5.41) is 38.0. The van der Waals surface area contributed by atoms with Crippen LogP contribution in [0.4, 0.5) is 0 Å². The lowest BCUT2D eigenvalue weighted by molar-refractivity contribution is 0.0648. The third-order valence-electron chi connectivity index (χ3n) is 3.52. The molecule has 0 aliphatic heterocycles. The van der Waals surface area contributed by atoms with E-state index in [1.54, 1.807) is 0 Å². The minimum Gasteiger partial charge on any atom is -0.506 e. The van der Waals surface area contributed by atoms with Gasteiger partial charge in [-0.25, -0.2) is 9.59 Å². The van der Waals surface area contributed by atoms with Gasteiger partial charge in [-0.1, -0.05) is 6.07 Å². The van der Waals surface area contributed by atoms with Crippen LogP contribution >= 0.6 is 0 Å². The molecule has 14 heteroatoms. The highest BCUT2D eigenvalue weighted by Gasteiger charge is 2.32. The van der Waals surface area contributed by atoms with Crippen molar-refractivity contribution < 1.29 is 56.0 Å². The first-order chi connectivity index (χ1) is 12.7. The van der Waals surface area contributed by atoms with E-state index >= 15 is 0 Å². The molecule has 0 saturated heterocycles. The fraction of sp³-hybridized carbons (Fsp3) is 0. The van der Waals surface area contributed by atoms with Crippen LogP contribution in [0.15, 0.2) is 34.1 Å². The highest BCUT2D eigenvalue weighted by atomic mass is 32.2. The Labute approximate surface area is 156 Å². The second-order valence-electron chi connectivity index (χ2n) is 5.26. The number of carbonyl (C=O) groups is 2. The predicted octanol–water partition coefficient (Wildman–Crippen LogP) is 0.655. The minimum absolute atomic E-state index is 0.403. The van der Waals surface area contributed by atoms with Gasteiger partial charge in [0.15, 0.2) is 5.75 Å². The van der Waals surface area contributed by atoms with E-state index in [0.29, 0.717) is 18.2 Å². The van der Waals surface area contributed by atoms with E-state index in [1.165, 1.54) is 0 Å². The average Bonchev–Trinajstić information content (AvgIpc) is 2.52. The van der Waals surface area contributed by atoms with Gasteiger partial charge in [0.25, 0.3) is 20.2 Å². The second-order valence-corrected chi connectivity index (χ2v) is 8.04. The number of hydrogen-bond donors (Lipinski definition) is 6. The number of rotatable bonds is 5. The SMILES string of the molecule is O=C(O)c1c(-c2ccc(O)c(S(=O)(=O)O)c2)cc(S(=O)(=O)O)c(O)c1C(=O)O. The Balaban J connectivity index is 3.09. The molecule has 150 valence electrons. The summed E-state index contributed by atoms with van der Waals surface area (Å²) in [5.41, 5.74) is -3.72. The first-order valence-electron chi connectivity index (χ1n) is 6.81. The van der Waals surface area contributed by atoms with Crippen LogP contribution in [0.5, 0.6) is 11.5 Å². The molecule has 0 atom stereocenters. The first kappa shape index (κ1) is 21.1. The third kappa shape index (κ3) is 3.74. The maximum Gasteiger partial charge on any atom is 0.340 e. The number of benzene rings is 2. The van der Waals surface area contributed by atoms with E-state index < -0.39 is 75.7 Å². The first-order valence-corrected chi connectivity index (χ1v) is 9.69. The molecule has 0 spiro atoms. The standard InChI is InChI=1S/C14H10O12S2/c15-7-2-1-5(3-8(7)27(21,22)23)6-4-9(28(24,25)26)12(16)11(14(19)20)10(6)13(17)18/h1-4,15-16H,(H,17,18)(H,19,20)(H,21,22,23)(H,24,25,26). The van der Waals surface area contributed by atoms with Crippen molar-refractivity contribution in [2.45, 2.75) is 9.79 Å². The molecule has 0 aliphatic carbocycles. The molecule has 2 rings (SSSR count). The summed E-state index contributed by atoms with van der Waals surface area (Å²) in [6, 6.07) is 2.55. The highest BCUT2D eigenvalue weighted by Crippen LogP contribution is 2.39. The van der Waals surface area contributed by atoms with Gasteiger partial charge in [-0.05, 0) is 29.3 Å². The van der Waals surface area contributed by atoms with Gasteiger partial charge in [-0.3, -0.25) is 9.11 Å². The molecule has 0 unspecified atom stereocenters. The largest absolute Gasteiger partial charge is 0.506 e. The summed E-state index contributed by atoms with van der Waals surface area (Å²) < 4.78 is 63.9. The van der Waals surface area contributed by atoms with Crippen molar-refractivity contribution >= 4 is 32.2 Å². The van der Waals surface area contributed by atoms with E-state index in [9.17, 15) is 51.4 Å². The molecule has 12 nitrogen and oxygen atoms in total. The summed E-state index contributed by atoms with van der Waals surface area (Å²) in [4.78, 5) is 20.6. The van der Waals surface area contributed by atoms with Crippen LogP contribution in [0.2, 0.25) is 0 Å². The molecule has 0 aliphatic rings. The van der Waals surface area contributed by atoms with Crippen LogP contribution in [0.25, 0.3) is 11.1 Å². The van der Waals surface area contributed by atoms with Gasteiger partial charge < -0.3 is 20.4 Å². The van der Waals surface area contributed by atoms with Crippen molar-refractivity contribution in [1.82, 2.24) is 0 Å².